The largest absolute Gasteiger partial charge is 0.477 e. The van der Waals surface area contributed by atoms with Crippen molar-refractivity contribution >= 4 is 11.6 Å². The lowest BCUT2D eigenvalue weighted by molar-refractivity contribution is -0.139. The number of rotatable bonds is 7. The molecule has 0 bridgehead atoms. The molecule has 2 aromatic rings. The van der Waals surface area contributed by atoms with Gasteiger partial charge in [-0.15, -0.1) is 0 Å². The highest BCUT2D eigenvalue weighted by atomic mass is 19.4. The Morgan fingerprint density at radius 1 is 1.19 bits per heavy atom. The summed E-state index contributed by atoms with van der Waals surface area (Å²) in [6.45, 7) is 8.34. The summed E-state index contributed by atoms with van der Waals surface area (Å²) >= 11 is 0. The van der Waals surface area contributed by atoms with Crippen LogP contribution in [-0.2, 0) is 12.6 Å². The number of ether oxygens (including phenoxy) is 1. The number of aryl methyl sites for hydroxylation is 1. The molecule has 1 heterocycles. The van der Waals surface area contributed by atoms with Crippen molar-refractivity contribution in [1.82, 2.24) is 9.97 Å². The van der Waals surface area contributed by atoms with Crippen LogP contribution in [0.15, 0.2) is 30.5 Å². The first-order valence-corrected chi connectivity index (χ1v) is 8.69. The van der Waals surface area contributed by atoms with Gasteiger partial charge in [0.05, 0.1) is 6.61 Å². The second-order valence-corrected chi connectivity index (χ2v) is 6.36. The molecule has 1 aromatic carbocycles. The summed E-state index contributed by atoms with van der Waals surface area (Å²) < 4.78 is 45.1. The normalized spacial score (nSPS) is 11.7. The molecule has 0 radical (unpaired) electrons. The van der Waals surface area contributed by atoms with E-state index in [-0.39, 0.29) is 18.5 Å². The molecule has 0 aliphatic rings. The molecule has 0 saturated carbocycles. The Balaban J connectivity index is 2.44. The molecule has 26 heavy (non-hydrogen) atoms. The molecule has 0 saturated heterocycles. The van der Waals surface area contributed by atoms with Gasteiger partial charge in [0, 0.05) is 18.4 Å². The zero-order valence-corrected chi connectivity index (χ0v) is 15.5. The molecule has 1 aromatic heterocycles. The molecule has 0 N–H and O–H groups in total. The number of alkyl halides is 3. The molecular formula is C19H24F3N3O. The van der Waals surface area contributed by atoms with Crippen LogP contribution in [-0.4, -0.2) is 23.1 Å². The van der Waals surface area contributed by atoms with E-state index in [1.54, 1.807) is 4.90 Å². The predicted octanol–water partition coefficient (Wildman–Crippen LogP) is 5.25. The van der Waals surface area contributed by atoms with E-state index in [2.05, 4.69) is 9.97 Å². The van der Waals surface area contributed by atoms with Crippen molar-refractivity contribution in [3.8, 4) is 5.88 Å². The van der Waals surface area contributed by atoms with Gasteiger partial charge in [0.1, 0.15) is 5.56 Å². The molecule has 7 heteroatoms. The number of nitrogens with zero attached hydrogens (tertiary/aromatic N) is 3. The molecule has 142 valence electrons. The van der Waals surface area contributed by atoms with Crippen LogP contribution in [0.5, 0.6) is 5.88 Å². The van der Waals surface area contributed by atoms with E-state index in [4.69, 9.17) is 4.74 Å². The minimum atomic E-state index is -4.57. The average Bonchev–Trinajstić information content (AvgIpc) is 2.60. The van der Waals surface area contributed by atoms with E-state index in [0.717, 1.165) is 23.9 Å². The van der Waals surface area contributed by atoms with Gasteiger partial charge in [0.15, 0.2) is 0 Å². The van der Waals surface area contributed by atoms with E-state index >= 15 is 0 Å². The molecule has 0 aliphatic heterocycles. The fraction of sp³-hybridized carbons (Fsp3) is 0.474. The van der Waals surface area contributed by atoms with Crippen molar-refractivity contribution < 1.29 is 17.9 Å². The van der Waals surface area contributed by atoms with Crippen LogP contribution in [0.4, 0.5) is 24.8 Å². The summed E-state index contributed by atoms with van der Waals surface area (Å²) in [5.74, 6) is -0.160. The lowest BCUT2D eigenvalue weighted by Crippen LogP contribution is -2.21. The topological polar surface area (TPSA) is 38.2 Å². The van der Waals surface area contributed by atoms with Crippen LogP contribution in [0.1, 0.15) is 38.8 Å². The third kappa shape index (κ3) is 4.86. The Kier molecular flexibility index (Phi) is 6.45. The second kappa shape index (κ2) is 8.38. The number of hydrogen-bond acceptors (Lipinski definition) is 4. The number of hydrogen-bond donors (Lipinski definition) is 0. The first kappa shape index (κ1) is 20.0. The van der Waals surface area contributed by atoms with Gasteiger partial charge < -0.3 is 9.64 Å². The van der Waals surface area contributed by atoms with Crippen molar-refractivity contribution in [1.29, 1.82) is 0 Å². The van der Waals surface area contributed by atoms with Crippen LogP contribution in [0.25, 0.3) is 0 Å². The van der Waals surface area contributed by atoms with E-state index in [1.807, 2.05) is 52.0 Å². The van der Waals surface area contributed by atoms with E-state index in [1.165, 1.54) is 0 Å². The molecule has 0 spiro atoms. The van der Waals surface area contributed by atoms with Crippen LogP contribution in [0, 0.1) is 5.92 Å². The number of benzene rings is 1. The third-order valence-corrected chi connectivity index (χ3v) is 3.79. The standard InChI is InChI=1S/C19H24F3N3O/c1-5-14-8-7-9-15(10-14)25(6-2)18-23-11-16(19(20,21)22)17(24-18)26-12-13(3)4/h7-11,13H,5-6,12H2,1-4H3. The average molecular weight is 367 g/mol. The molecule has 0 unspecified atom stereocenters. The summed E-state index contributed by atoms with van der Waals surface area (Å²) in [5.41, 5.74) is 1.01. The van der Waals surface area contributed by atoms with Crippen molar-refractivity contribution in [2.45, 2.75) is 40.3 Å². The monoisotopic (exact) mass is 367 g/mol. The Bertz CT molecular complexity index is 732. The van der Waals surface area contributed by atoms with E-state index in [0.29, 0.717) is 6.54 Å². The zero-order valence-electron chi connectivity index (χ0n) is 15.5. The molecule has 4 nitrogen and oxygen atoms in total. The van der Waals surface area contributed by atoms with Gasteiger partial charge in [-0.1, -0.05) is 32.9 Å². The van der Waals surface area contributed by atoms with Gasteiger partial charge in [-0.3, -0.25) is 0 Å². The Morgan fingerprint density at radius 2 is 1.92 bits per heavy atom. The minimum absolute atomic E-state index is 0.0815. The Morgan fingerprint density at radius 3 is 2.50 bits per heavy atom. The highest BCUT2D eigenvalue weighted by molar-refractivity contribution is 5.58. The maximum absolute atomic E-state index is 13.2. The fourth-order valence-corrected chi connectivity index (χ4v) is 2.42. The van der Waals surface area contributed by atoms with Crippen LogP contribution in [0.2, 0.25) is 0 Å². The molecule has 0 atom stereocenters. The van der Waals surface area contributed by atoms with Crippen molar-refractivity contribution in [2.24, 2.45) is 5.92 Å². The highest BCUT2D eigenvalue weighted by Gasteiger charge is 2.36. The van der Waals surface area contributed by atoms with Gasteiger partial charge >= 0.3 is 6.18 Å². The summed E-state index contributed by atoms with van der Waals surface area (Å²) in [6.07, 6.45) is -2.91. The van der Waals surface area contributed by atoms with E-state index < -0.39 is 17.6 Å². The van der Waals surface area contributed by atoms with Gasteiger partial charge in [0.25, 0.3) is 0 Å². The zero-order chi connectivity index (χ0) is 19.3. The van der Waals surface area contributed by atoms with Crippen LogP contribution in [0.3, 0.4) is 0 Å². The fourth-order valence-electron chi connectivity index (χ4n) is 2.42. The van der Waals surface area contributed by atoms with Gasteiger partial charge in [-0.2, -0.15) is 18.2 Å². The second-order valence-electron chi connectivity index (χ2n) is 6.36. The Labute approximate surface area is 152 Å². The van der Waals surface area contributed by atoms with Crippen molar-refractivity contribution in [2.75, 3.05) is 18.1 Å². The summed E-state index contributed by atoms with van der Waals surface area (Å²) in [5, 5.41) is 0. The van der Waals surface area contributed by atoms with Crippen LogP contribution >= 0.6 is 0 Å². The van der Waals surface area contributed by atoms with Gasteiger partial charge in [-0.25, -0.2) is 4.98 Å². The van der Waals surface area contributed by atoms with Gasteiger partial charge in [0.2, 0.25) is 11.8 Å². The maximum Gasteiger partial charge on any atom is 0.423 e. The molecule has 0 fully saturated rings. The first-order valence-electron chi connectivity index (χ1n) is 8.69. The minimum Gasteiger partial charge on any atom is -0.477 e. The highest BCUT2D eigenvalue weighted by Crippen LogP contribution is 2.36. The molecule has 2 rings (SSSR count). The molecule has 0 amide bonds. The van der Waals surface area contributed by atoms with E-state index in [9.17, 15) is 13.2 Å². The summed E-state index contributed by atoms with van der Waals surface area (Å²) in [7, 11) is 0. The number of aromatic nitrogens is 2. The molecular weight excluding hydrogens is 343 g/mol. The van der Waals surface area contributed by atoms with Crippen LogP contribution < -0.4 is 9.64 Å². The SMILES string of the molecule is CCc1cccc(N(CC)c2ncc(C(F)(F)F)c(OCC(C)C)n2)c1. The third-order valence-electron chi connectivity index (χ3n) is 3.79. The quantitative estimate of drug-likeness (QED) is 0.670. The van der Waals surface area contributed by atoms with Crippen molar-refractivity contribution in [3.05, 3.63) is 41.6 Å². The van der Waals surface area contributed by atoms with Gasteiger partial charge in [-0.05, 0) is 37.0 Å². The Hall–Kier alpha value is -2.31. The number of anilines is 2. The lowest BCUT2D eigenvalue weighted by Gasteiger charge is -2.23. The maximum atomic E-state index is 13.2. The smallest absolute Gasteiger partial charge is 0.423 e. The number of halogens is 3. The lowest BCUT2D eigenvalue weighted by atomic mass is 10.1. The molecule has 0 aliphatic carbocycles. The summed E-state index contributed by atoms with van der Waals surface area (Å²) in [6, 6.07) is 7.79. The summed E-state index contributed by atoms with van der Waals surface area (Å²) in [4.78, 5) is 9.80. The van der Waals surface area contributed by atoms with Crippen molar-refractivity contribution in [3.63, 3.8) is 0 Å². The first-order chi connectivity index (χ1) is 12.3. The predicted molar refractivity (Wildman–Crippen MR) is 95.9 cm³/mol.